The SMILES string of the molecule is O=C(CCCCCCC(=O)N1C(=O)C(c2c[nH]c3ccccc23)=C(c2c[nH]c3ccccc23)C1O)NO. The molecule has 1 aliphatic heterocycles. The normalized spacial score (nSPS) is 15.8. The molecule has 1 atom stereocenters. The van der Waals surface area contributed by atoms with Crippen molar-refractivity contribution in [1.82, 2.24) is 20.3 Å². The van der Waals surface area contributed by atoms with Gasteiger partial charge in [-0.1, -0.05) is 49.2 Å². The van der Waals surface area contributed by atoms with Crippen LogP contribution in [0.4, 0.5) is 0 Å². The van der Waals surface area contributed by atoms with E-state index in [0.717, 1.165) is 26.7 Å². The molecule has 5 rings (SSSR count). The molecule has 37 heavy (non-hydrogen) atoms. The number of unbranched alkanes of at least 4 members (excludes halogenated alkanes) is 3. The van der Waals surface area contributed by atoms with Crippen molar-refractivity contribution in [1.29, 1.82) is 0 Å². The number of imide groups is 1. The maximum atomic E-state index is 13.8. The Kier molecular flexibility index (Phi) is 6.89. The number of hydrogen-bond acceptors (Lipinski definition) is 5. The lowest BCUT2D eigenvalue weighted by atomic mass is 9.95. The molecule has 3 heterocycles. The third kappa shape index (κ3) is 4.54. The van der Waals surface area contributed by atoms with E-state index >= 15 is 0 Å². The number of aromatic nitrogens is 2. The molecule has 0 saturated heterocycles. The number of H-pyrrole nitrogens is 2. The van der Waals surface area contributed by atoms with E-state index in [-0.39, 0.29) is 12.8 Å². The van der Waals surface area contributed by atoms with E-state index in [1.807, 2.05) is 48.5 Å². The maximum Gasteiger partial charge on any atom is 0.264 e. The van der Waals surface area contributed by atoms with Gasteiger partial charge in [0.1, 0.15) is 0 Å². The van der Waals surface area contributed by atoms with Crippen molar-refractivity contribution in [2.75, 3.05) is 0 Å². The van der Waals surface area contributed by atoms with Gasteiger partial charge in [0.05, 0.1) is 5.57 Å². The molecule has 5 N–H and O–H groups in total. The van der Waals surface area contributed by atoms with Crippen LogP contribution in [0, 0.1) is 0 Å². The first-order valence-electron chi connectivity index (χ1n) is 12.4. The smallest absolute Gasteiger partial charge is 0.264 e. The highest BCUT2D eigenvalue weighted by Gasteiger charge is 2.43. The van der Waals surface area contributed by atoms with Gasteiger partial charge in [-0.15, -0.1) is 0 Å². The molecular weight excluding hydrogens is 472 g/mol. The Morgan fingerprint density at radius 1 is 0.838 bits per heavy atom. The van der Waals surface area contributed by atoms with Gasteiger partial charge in [-0.25, -0.2) is 10.4 Å². The van der Waals surface area contributed by atoms with Crippen molar-refractivity contribution < 1.29 is 24.7 Å². The minimum absolute atomic E-state index is 0.0946. The van der Waals surface area contributed by atoms with Crippen molar-refractivity contribution in [2.24, 2.45) is 0 Å². The van der Waals surface area contributed by atoms with Crippen LogP contribution in [0.15, 0.2) is 60.9 Å². The summed E-state index contributed by atoms with van der Waals surface area (Å²) in [6, 6.07) is 15.2. The topological polar surface area (TPSA) is 139 Å². The summed E-state index contributed by atoms with van der Waals surface area (Å²) in [5.41, 5.74) is 5.33. The second-order valence-corrected chi connectivity index (χ2v) is 9.18. The summed E-state index contributed by atoms with van der Waals surface area (Å²) in [7, 11) is 0. The number of hydroxylamine groups is 1. The molecule has 2 aromatic heterocycles. The first-order valence-corrected chi connectivity index (χ1v) is 12.4. The number of hydrogen-bond donors (Lipinski definition) is 5. The molecule has 190 valence electrons. The third-order valence-electron chi connectivity index (χ3n) is 6.88. The number of amides is 3. The summed E-state index contributed by atoms with van der Waals surface area (Å²) in [6.45, 7) is 0. The summed E-state index contributed by atoms with van der Waals surface area (Å²) in [4.78, 5) is 45.5. The number of aliphatic hydroxyl groups is 1. The fraction of sp³-hybridized carbons (Fsp3) is 0.250. The van der Waals surface area contributed by atoms with E-state index in [0.29, 0.717) is 48.0 Å². The fourth-order valence-electron chi connectivity index (χ4n) is 5.05. The van der Waals surface area contributed by atoms with Crippen LogP contribution in [0.2, 0.25) is 0 Å². The Bertz CT molecular complexity index is 1520. The van der Waals surface area contributed by atoms with Crippen LogP contribution >= 0.6 is 0 Å². The molecule has 2 aromatic carbocycles. The van der Waals surface area contributed by atoms with Crippen molar-refractivity contribution in [3.63, 3.8) is 0 Å². The molecule has 0 bridgehead atoms. The largest absolute Gasteiger partial charge is 0.369 e. The first-order chi connectivity index (χ1) is 18.0. The Labute approximate surface area is 212 Å². The molecule has 3 amide bonds. The monoisotopic (exact) mass is 500 g/mol. The molecule has 0 saturated carbocycles. The molecule has 9 heteroatoms. The van der Waals surface area contributed by atoms with Gasteiger partial charge in [0.15, 0.2) is 6.23 Å². The summed E-state index contributed by atoms with van der Waals surface area (Å²) in [6.07, 6.45) is 4.88. The summed E-state index contributed by atoms with van der Waals surface area (Å²) in [5.74, 6) is -1.41. The van der Waals surface area contributed by atoms with E-state index in [1.54, 1.807) is 17.9 Å². The van der Waals surface area contributed by atoms with Crippen LogP contribution in [0.3, 0.4) is 0 Å². The van der Waals surface area contributed by atoms with E-state index in [2.05, 4.69) is 9.97 Å². The number of para-hydroxylation sites is 2. The number of carbonyl (C=O) groups is 3. The van der Waals surface area contributed by atoms with Crippen LogP contribution in [-0.2, 0) is 14.4 Å². The standard InChI is InChI=1S/C28H28N4O5/c33-23(31-37)13-3-1-2-4-14-24(34)32-27(35)25(19-15-29-21-11-7-5-9-17(19)21)26(28(32)36)20-16-30-22-12-8-6-10-18(20)22/h5-12,15-16,27,29-30,35,37H,1-4,13-14H2,(H,31,33). The lowest BCUT2D eigenvalue weighted by Crippen LogP contribution is -2.40. The minimum Gasteiger partial charge on any atom is -0.369 e. The number of aromatic amines is 2. The molecule has 0 aliphatic carbocycles. The predicted octanol–water partition coefficient (Wildman–Crippen LogP) is 4.09. The molecule has 0 fully saturated rings. The van der Waals surface area contributed by atoms with Gasteiger partial charge in [-0.3, -0.25) is 19.6 Å². The maximum absolute atomic E-state index is 13.8. The number of carbonyl (C=O) groups excluding carboxylic acids is 3. The number of benzene rings is 2. The Balaban J connectivity index is 1.45. The lowest BCUT2D eigenvalue weighted by molar-refractivity contribution is -0.147. The van der Waals surface area contributed by atoms with Gasteiger partial charge in [0, 0.05) is 63.7 Å². The summed E-state index contributed by atoms with van der Waals surface area (Å²) < 4.78 is 0. The molecule has 0 radical (unpaired) electrons. The van der Waals surface area contributed by atoms with E-state index < -0.39 is 23.9 Å². The number of fused-ring (bicyclic) bond motifs is 2. The van der Waals surface area contributed by atoms with Gasteiger partial charge >= 0.3 is 0 Å². The highest BCUT2D eigenvalue weighted by molar-refractivity contribution is 6.36. The Morgan fingerprint density at radius 2 is 1.41 bits per heavy atom. The molecule has 4 aromatic rings. The molecule has 9 nitrogen and oxygen atoms in total. The molecular formula is C28H28N4O5. The average molecular weight is 501 g/mol. The number of rotatable bonds is 9. The lowest BCUT2D eigenvalue weighted by Gasteiger charge is -2.20. The average Bonchev–Trinajstić information content (AvgIpc) is 3.59. The molecule has 0 spiro atoms. The third-order valence-corrected chi connectivity index (χ3v) is 6.88. The van der Waals surface area contributed by atoms with Gasteiger partial charge in [0.2, 0.25) is 11.8 Å². The highest BCUT2D eigenvalue weighted by atomic mass is 16.5. The van der Waals surface area contributed by atoms with Crippen molar-refractivity contribution in [2.45, 2.75) is 44.8 Å². The van der Waals surface area contributed by atoms with Crippen LogP contribution < -0.4 is 5.48 Å². The predicted molar refractivity (Wildman–Crippen MR) is 139 cm³/mol. The van der Waals surface area contributed by atoms with Crippen LogP contribution in [0.5, 0.6) is 0 Å². The fourth-order valence-corrected chi connectivity index (χ4v) is 5.05. The van der Waals surface area contributed by atoms with Gasteiger partial charge in [-0.05, 0) is 25.0 Å². The first kappa shape index (κ1) is 24.5. The van der Waals surface area contributed by atoms with E-state index in [1.165, 1.54) is 0 Å². The number of aliphatic hydroxyl groups excluding tert-OH is 1. The van der Waals surface area contributed by atoms with Crippen molar-refractivity contribution >= 4 is 50.7 Å². The second kappa shape index (κ2) is 10.4. The zero-order valence-electron chi connectivity index (χ0n) is 20.2. The second-order valence-electron chi connectivity index (χ2n) is 9.18. The highest BCUT2D eigenvalue weighted by Crippen LogP contribution is 2.42. The van der Waals surface area contributed by atoms with Crippen LogP contribution in [0.1, 0.15) is 49.7 Å². The van der Waals surface area contributed by atoms with Crippen molar-refractivity contribution in [3.8, 4) is 0 Å². The summed E-state index contributed by atoms with van der Waals surface area (Å²) in [5, 5.41) is 21.7. The zero-order chi connectivity index (χ0) is 25.9. The molecule has 1 aliphatic rings. The van der Waals surface area contributed by atoms with Crippen LogP contribution in [0.25, 0.3) is 33.0 Å². The van der Waals surface area contributed by atoms with E-state index in [4.69, 9.17) is 5.21 Å². The van der Waals surface area contributed by atoms with Gasteiger partial charge in [-0.2, -0.15) is 0 Å². The summed E-state index contributed by atoms with van der Waals surface area (Å²) >= 11 is 0. The van der Waals surface area contributed by atoms with Gasteiger partial charge < -0.3 is 15.1 Å². The molecule has 1 unspecified atom stereocenters. The quantitative estimate of drug-likeness (QED) is 0.134. The minimum atomic E-state index is -1.42. The van der Waals surface area contributed by atoms with Gasteiger partial charge in [0.25, 0.3) is 5.91 Å². The number of nitrogens with one attached hydrogen (secondary N) is 3. The van der Waals surface area contributed by atoms with E-state index in [9.17, 15) is 19.5 Å². The number of nitrogens with zero attached hydrogens (tertiary/aromatic N) is 1. The van der Waals surface area contributed by atoms with Crippen molar-refractivity contribution in [3.05, 3.63) is 72.1 Å². The zero-order valence-corrected chi connectivity index (χ0v) is 20.2. The Morgan fingerprint density at radius 3 is 2.05 bits per heavy atom. The van der Waals surface area contributed by atoms with Crippen LogP contribution in [-0.4, -0.2) is 49.1 Å². The Hall–Kier alpha value is -4.21.